The molecule has 180 valence electrons. The van der Waals surface area contributed by atoms with Crippen molar-refractivity contribution in [3.8, 4) is 0 Å². The Labute approximate surface area is 195 Å². The Bertz CT molecular complexity index is 888. The fourth-order valence-corrected chi connectivity index (χ4v) is 6.56. The number of anilines is 1. The molecule has 1 aliphatic carbocycles. The minimum atomic E-state index is -0.477. The Hall–Kier alpha value is -2.19. The van der Waals surface area contributed by atoms with Gasteiger partial charge in [0.2, 0.25) is 5.91 Å². The lowest BCUT2D eigenvalue weighted by molar-refractivity contribution is -0.133. The third-order valence-electron chi connectivity index (χ3n) is 8.32. The van der Waals surface area contributed by atoms with Gasteiger partial charge in [0.15, 0.2) is 0 Å². The molecule has 1 aromatic carbocycles. The Morgan fingerprint density at radius 2 is 2.00 bits per heavy atom. The van der Waals surface area contributed by atoms with Crippen molar-refractivity contribution in [1.82, 2.24) is 20.9 Å². The molecule has 0 aromatic heterocycles. The number of nitrogens with one attached hydrogen (secondary N) is 3. The molecule has 8 heteroatoms. The van der Waals surface area contributed by atoms with Crippen LogP contribution in [-0.4, -0.2) is 75.1 Å². The first kappa shape index (κ1) is 22.6. The van der Waals surface area contributed by atoms with Crippen LogP contribution < -0.4 is 20.9 Å². The fraction of sp³-hybridized carbons (Fsp3) is 0.680. The van der Waals surface area contributed by atoms with E-state index in [1.54, 1.807) is 6.07 Å². The first-order valence-corrected chi connectivity index (χ1v) is 12.6. The SMILES string of the molecule is CNC(=O)c1ccc(N2CCN(CC3CCC4C(C3)NC(=O)C3CCCNC34)CC2)cc1F. The number of hydrogen-bond acceptors (Lipinski definition) is 5. The summed E-state index contributed by atoms with van der Waals surface area (Å²) >= 11 is 0. The van der Waals surface area contributed by atoms with Gasteiger partial charge < -0.3 is 20.9 Å². The summed E-state index contributed by atoms with van der Waals surface area (Å²) in [6.07, 6.45) is 5.63. The third-order valence-corrected chi connectivity index (χ3v) is 8.32. The van der Waals surface area contributed by atoms with E-state index in [1.165, 1.54) is 26.0 Å². The highest BCUT2D eigenvalue weighted by atomic mass is 19.1. The Morgan fingerprint density at radius 3 is 2.76 bits per heavy atom. The largest absolute Gasteiger partial charge is 0.369 e. The first-order chi connectivity index (χ1) is 16.0. The second kappa shape index (κ2) is 9.58. The Balaban J connectivity index is 1.13. The van der Waals surface area contributed by atoms with Crippen molar-refractivity contribution in [2.24, 2.45) is 17.8 Å². The molecule has 0 spiro atoms. The molecule has 33 heavy (non-hydrogen) atoms. The van der Waals surface area contributed by atoms with E-state index in [4.69, 9.17) is 0 Å². The lowest BCUT2D eigenvalue weighted by Gasteiger charge is -2.50. The maximum absolute atomic E-state index is 14.4. The van der Waals surface area contributed by atoms with Gasteiger partial charge in [-0.2, -0.15) is 0 Å². The number of carbonyl (C=O) groups excluding carboxylic acids is 2. The van der Waals surface area contributed by atoms with Gasteiger partial charge >= 0.3 is 0 Å². The summed E-state index contributed by atoms with van der Waals surface area (Å²) in [5.74, 6) is 0.742. The summed E-state index contributed by atoms with van der Waals surface area (Å²) in [7, 11) is 1.51. The summed E-state index contributed by atoms with van der Waals surface area (Å²) in [4.78, 5) is 29.1. The Kier molecular flexibility index (Phi) is 6.56. The lowest BCUT2D eigenvalue weighted by Crippen LogP contribution is -2.64. The average Bonchev–Trinajstić information content (AvgIpc) is 2.84. The van der Waals surface area contributed by atoms with Gasteiger partial charge in [-0.15, -0.1) is 0 Å². The molecule has 7 nitrogen and oxygen atoms in total. The molecule has 5 atom stereocenters. The van der Waals surface area contributed by atoms with Crippen LogP contribution in [0.3, 0.4) is 0 Å². The molecule has 2 amide bonds. The summed E-state index contributed by atoms with van der Waals surface area (Å²) in [6.45, 7) is 5.70. The molecule has 4 aliphatic rings. The predicted molar refractivity (Wildman–Crippen MR) is 126 cm³/mol. The van der Waals surface area contributed by atoms with E-state index in [0.717, 1.165) is 64.2 Å². The average molecular weight is 458 g/mol. The second-order valence-corrected chi connectivity index (χ2v) is 10.2. The topological polar surface area (TPSA) is 76.7 Å². The minimum absolute atomic E-state index is 0.0834. The molecule has 3 aliphatic heterocycles. The number of rotatable bonds is 4. The van der Waals surface area contributed by atoms with Gasteiger partial charge in [0.1, 0.15) is 5.82 Å². The van der Waals surface area contributed by atoms with Gasteiger partial charge in [0.25, 0.3) is 5.91 Å². The van der Waals surface area contributed by atoms with Crippen molar-refractivity contribution in [1.29, 1.82) is 0 Å². The van der Waals surface area contributed by atoms with E-state index in [2.05, 4.69) is 25.8 Å². The second-order valence-electron chi connectivity index (χ2n) is 10.2. The van der Waals surface area contributed by atoms with Gasteiger partial charge in [0, 0.05) is 57.5 Å². The normalized spacial score (nSPS) is 32.5. The van der Waals surface area contributed by atoms with Crippen LogP contribution >= 0.6 is 0 Å². The molecule has 0 radical (unpaired) electrons. The van der Waals surface area contributed by atoms with Crippen molar-refractivity contribution in [3.05, 3.63) is 29.6 Å². The maximum Gasteiger partial charge on any atom is 0.253 e. The summed E-state index contributed by atoms with van der Waals surface area (Å²) < 4.78 is 14.4. The monoisotopic (exact) mass is 457 g/mol. The first-order valence-electron chi connectivity index (χ1n) is 12.6. The van der Waals surface area contributed by atoms with Crippen LogP contribution in [0.25, 0.3) is 0 Å². The zero-order chi connectivity index (χ0) is 22.9. The van der Waals surface area contributed by atoms with Gasteiger partial charge in [-0.1, -0.05) is 0 Å². The van der Waals surface area contributed by atoms with Crippen molar-refractivity contribution in [2.75, 3.05) is 51.2 Å². The van der Waals surface area contributed by atoms with Gasteiger partial charge in [0.05, 0.1) is 11.5 Å². The smallest absolute Gasteiger partial charge is 0.253 e. The standard InChI is InChI=1S/C25H36FN5O2/c1-27-24(32)18-7-5-17(14-21(18)26)31-11-9-30(10-12-31)15-16-4-6-19-22(13-16)29-25(33)20-3-2-8-28-23(19)20/h5,7,14,16,19-20,22-23,28H,2-4,6,8-13,15H2,1H3,(H,27,32)(H,29,33). The van der Waals surface area contributed by atoms with Crippen LogP contribution in [0.2, 0.25) is 0 Å². The zero-order valence-electron chi connectivity index (χ0n) is 19.5. The molecule has 3 heterocycles. The summed E-state index contributed by atoms with van der Waals surface area (Å²) in [5.41, 5.74) is 0.916. The summed E-state index contributed by atoms with van der Waals surface area (Å²) in [5, 5.41) is 9.50. The van der Waals surface area contributed by atoms with Crippen LogP contribution in [0.15, 0.2) is 18.2 Å². The maximum atomic E-state index is 14.4. The number of nitrogens with zero attached hydrogens (tertiary/aromatic N) is 2. The van der Waals surface area contributed by atoms with E-state index in [-0.39, 0.29) is 17.4 Å². The molecule has 5 rings (SSSR count). The molecule has 4 fully saturated rings. The molecular formula is C25H36FN5O2. The Morgan fingerprint density at radius 1 is 1.18 bits per heavy atom. The molecule has 5 unspecified atom stereocenters. The van der Waals surface area contributed by atoms with E-state index >= 15 is 0 Å². The highest BCUT2D eigenvalue weighted by Crippen LogP contribution is 2.39. The molecule has 0 bridgehead atoms. The van der Waals surface area contributed by atoms with Gasteiger partial charge in [-0.05, 0) is 68.7 Å². The van der Waals surface area contributed by atoms with Gasteiger partial charge in [-0.25, -0.2) is 4.39 Å². The van der Waals surface area contributed by atoms with E-state index in [0.29, 0.717) is 23.9 Å². The van der Waals surface area contributed by atoms with E-state index in [9.17, 15) is 14.0 Å². The number of fused-ring (bicyclic) bond motifs is 3. The highest BCUT2D eigenvalue weighted by Gasteiger charge is 2.47. The summed E-state index contributed by atoms with van der Waals surface area (Å²) in [6, 6.07) is 5.56. The number of halogens is 1. The van der Waals surface area contributed by atoms with Crippen molar-refractivity contribution in [3.63, 3.8) is 0 Å². The number of hydrogen-bond donors (Lipinski definition) is 3. The minimum Gasteiger partial charge on any atom is -0.369 e. The molecule has 3 saturated heterocycles. The lowest BCUT2D eigenvalue weighted by atomic mass is 9.67. The van der Waals surface area contributed by atoms with E-state index < -0.39 is 11.7 Å². The third kappa shape index (κ3) is 4.60. The van der Waals surface area contributed by atoms with Crippen LogP contribution in [0.1, 0.15) is 42.5 Å². The number of piperazine rings is 1. The zero-order valence-corrected chi connectivity index (χ0v) is 19.5. The van der Waals surface area contributed by atoms with Crippen LogP contribution in [-0.2, 0) is 4.79 Å². The van der Waals surface area contributed by atoms with Crippen molar-refractivity contribution in [2.45, 2.75) is 44.2 Å². The van der Waals surface area contributed by atoms with Crippen LogP contribution in [0.4, 0.5) is 10.1 Å². The van der Waals surface area contributed by atoms with E-state index in [1.807, 2.05) is 6.07 Å². The highest BCUT2D eigenvalue weighted by molar-refractivity contribution is 5.94. The van der Waals surface area contributed by atoms with Crippen molar-refractivity contribution < 1.29 is 14.0 Å². The van der Waals surface area contributed by atoms with Crippen LogP contribution in [0, 0.1) is 23.6 Å². The number of amides is 2. The van der Waals surface area contributed by atoms with Crippen molar-refractivity contribution >= 4 is 17.5 Å². The molecule has 1 saturated carbocycles. The number of benzene rings is 1. The predicted octanol–water partition coefficient (Wildman–Crippen LogP) is 1.59. The van der Waals surface area contributed by atoms with Crippen LogP contribution in [0.5, 0.6) is 0 Å². The fourth-order valence-electron chi connectivity index (χ4n) is 6.56. The molecule has 1 aromatic rings. The quantitative estimate of drug-likeness (QED) is 0.640. The number of piperidine rings is 2. The van der Waals surface area contributed by atoms with Gasteiger partial charge in [-0.3, -0.25) is 14.5 Å². The number of carbonyl (C=O) groups is 2. The molecule has 3 N–H and O–H groups in total. The molecular weight excluding hydrogens is 421 g/mol.